The summed E-state index contributed by atoms with van der Waals surface area (Å²) >= 11 is 0. The predicted molar refractivity (Wildman–Crippen MR) is 75.5 cm³/mol. The van der Waals surface area contributed by atoms with E-state index in [0.29, 0.717) is 37.4 Å². The molecule has 112 valence electrons. The summed E-state index contributed by atoms with van der Waals surface area (Å²) in [6, 6.07) is 4.84. The Morgan fingerprint density at radius 1 is 1.20 bits per heavy atom. The number of nitrogens with zero attached hydrogens (tertiary/aromatic N) is 1. The van der Waals surface area contributed by atoms with Crippen LogP contribution in [0.15, 0.2) is 23.1 Å². The number of piperidine rings is 1. The summed E-state index contributed by atoms with van der Waals surface area (Å²) in [5.41, 5.74) is 5.81. The van der Waals surface area contributed by atoms with Crippen LogP contribution in [0.25, 0.3) is 0 Å². The molecule has 1 saturated heterocycles. The molecule has 2 rings (SSSR count). The lowest BCUT2D eigenvalue weighted by atomic mass is 10.1. The Balaban J connectivity index is 2.37. The van der Waals surface area contributed by atoms with E-state index in [1.807, 2.05) is 0 Å². The normalized spacial score (nSPS) is 17.9. The van der Waals surface area contributed by atoms with E-state index in [-0.39, 0.29) is 10.9 Å². The second-order valence-corrected chi connectivity index (χ2v) is 6.66. The predicted octanol–water partition coefficient (Wildman–Crippen LogP) is 0.816. The van der Waals surface area contributed by atoms with Crippen LogP contribution in [0.1, 0.15) is 12.8 Å². The van der Waals surface area contributed by atoms with Gasteiger partial charge in [0.15, 0.2) is 0 Å². The number of sulfonamides is 1. The van der Waals surface area contributed by atoms with E-state index in [1.165, 1.54) is 24.6 Å². The molecule has 1 heterocycles. The number of hydrogen-bond donors (Lipinski definition) is 1. The van der Waals surface area contributed by atoms with E-state index >= 15 is 0 Å². The van der Waals surface area contributed by atoms with Crippen molar-refractivity contribution in [3.63, 3.8) is 0 Å². The maximum absolute atomic E-state index is 12.7. The number of nitrogens with two attached hydrogens (primary N) is 1. The first-order valence-electron chi connectivity index (χ1n) is 6.47. The lowest BCUT2D eigenvalue weighted by Gasteiger charge is -2.29. The standard InChI is InChI=1S/C13H20N2O4S/c1-18-11-3-4-12(19-2)13(9-11)20(16,17)15-7-5-10(14)6-8-15/h3-4,9-10H,5-8,14H2,1-2H3. The van der Waals surface area contributed by atoms with Gasteiger partial charge >= 0.3 is 0 Å². The molecular weight excluding hydrogens is 280 g/mol. The fourth-order valence-corrected chi connectivity index (χ4v) is 3.88. The van der Waals surface area contributed by atoms with E-state index in [9.17, 15) is 8.42 Å². The van der Waals surface area contributed by atoms with Gasteiger partial charge in [-0.05, 0) is 25.0 Å². The van der Waals surface area contributed by atoms with Crippen LogP contribution < -0.4 is 15.2 Å². The topological polar surface area (TPSA) is 81.9 Å². The third kappa shape index (κ3) is 2.89. The minimum Gasteiger partial charge on any atom is -0.497 e. The first-order valence-corrected chi connectivity index (χ1v) is 7.91. The van der Waals surface area contributed by atoms with Crippen molar-refractivity contribution in [3.8, 4) is 11.5 Å². The van der Waals surface area contributed by atoms with Crippen LogP contribution in [0.5, 0.6) is 11.5 Å². The second-order valence-electron chi connectivity index (χ2n) is 4.76. The van der Waals surface area contributed by atoms with Gasteiger partial charge in [-0.2, -0.15) is 4.31 Å². The van der Waals surface area contributed by atoms with Gasteiger partial charge in [0.2, 0.25) is 10.0 Å². The minimum absolute atomic E-state index is 0.0775. The van der Waals surface area contributed by atoms with Crippen LogP contribution >= 0.6 is 0 Å². The van der Waals surface area contributed by atoms with E-state index in [4.69, 9.17) is 15.2 Å². The molecule has 6 nitrogen and oxygen atoms in total. The quantitative estimate of drug-likeness (QED) is 0.890. The maximum Gasteiger partial charge on any atom is 0.246 e. The van der Waals surface area contributed by atoms with Gasteiger partial charge < -0.3 is 15.2 Å². The zero-order valence-electron chi connectivity index (χ0n) is 11.7. The lowest BCUT2D eigenvalue weighted by molar-refractivity contribution is 0.317. The molecule has 0 aliphatic carbocycles. The van der Waals surface area contributed by atoms with Crippen molar-refractivity contribution in [2.45, 2.75) is 23.8 Å². The third-order valence-corrected chi connectivity index (χ3v) is 5.41. The number of methoxy groups -OCH3 is 2. The van der Waals surface area contributed by atoms with Crippen LogP contribution in [-0.2, 0) is 10.0 Å². The van der Waals surface area contributed by atoms with Gasteiger partial charge in [0, 0.05) is 25.2 Å². The van der Waals surface area contributed by atoms with Crippen LogP contribution in [-0.4, -0.2) is 46.1 Å². The van der Waals surface area contributed by atoms with Gasteiger partial charge in [0.05, 0.1) is 14.2 Å². The van der Waals surface area contributed by atoms with Crippen molar-refractivity contribution >= 4 is 10.0 Å². The van der Waals surface area contributed by atoms with Crippen molar-refractivity contribution in [1.29, 1.82) is 0 Å². The smallest absolute Gasteiger partial charge is 0.246 e. The molecule has 1 aromatic carbocycles. The minimum atomic E-state index is -3.59. The highest BCUT2D eigenvalue weighted by atomic mass is 32.2. The van der Waals surface area contributed by atoms with Gasteiger partial charge in [-0.15, -0.1) is 0 Å². The SMILES string of the molecule is COc1ccc(OC)c(S(=O)(=O)N2CCC(N)CC2)c1. The summed E-state index contributed by atoms with van der Waals surface area (Å²) in [5, 5.41) is 0. The summed E-state index contributed by atoms with van der Waals surface area (Å²) < 4.78 is 37.1. The third-order valence-electron chi connectivity index (χ3n) is 3.49. The number of ether oxygens (including phenoxy) is 2. The second kappa shape index (κ2) is 5.99. The summed E-state index contributed by atoms with van der Waals surface area (Å²) in [7, 11) is -0.639. The van der Waals surface area contributed by atoms with Crippen LogP contribution in [0.4, 0.5) is 0 Å². The molecule has 1 fully saturated rings. The van der Waals surface area contributed by atoms with E-state index in [1.54, 1.807) is 12.1 Å². The highest BCUT2D eigenvalue weighted by molar-refractivity contribution is 7.89. The molecule has 7 heteroatoms. The zero-order chi connectivity index (χ0) is 14.8. The fraction of sp³-hybridized carbons (Fsp3) is 0.538. The van der Waals surface area contributed by atoms with Gasteiger partial charge in [-0.3, -0.25) is 0 Å². The zero-order valence-corrected chi connectivity index (χ0v) is 12.5. The Morgan fingerprint density at radius 3 is 2.40 bits per heavy atom. The molecule has 2 N–H and O–H groups in total. The maximum atomic E-state index is 12.7. The summed E-state index contributed by atoms with van der Waals surface area (Å²) in [4.78, 5) is 0.134. The van der Waals surface area contributed by atoms with Crippen molar-refractivity contribution in [1.82, 2.24) is 4.31 Å². The molecule has 0 atom stereocenters. The molecule has 0 amide bonds. The molecule has 0 saturated carbocycles. The van der Waals surface area contributed by atoms with Crippen molar-refractivity contribution < 1.29 is 17.9 Å². The van der Waals surface area contributed by atoms with Gasteiger partial charge in [0.25, 0.3) is 0 Å². The molecule has 0 radical (unpaired) electrons. The van der Waals surface area contributed by atoms with Gasteiger partial charge in [-0.25, -0.2) is 8.42 Å². The molecule has 1 aliphatic heterocycles. The van der Waals surface area contributed by atoms with Crippen molar-refractivity contribution in [2.75, 3.05) is 27.3 Å². The molecule has 1 aliphatic rings. The first kappa shape index (κ1) is 15.1. The molecule has 0 aromatic heterocycles. The molecule has 20 heavy (non-hydrogen) atoms. The summed E-state index contributed by atoms with van der Waals surface area (Å²) in [5.74, 6) is 0.804. The Bertz CT molecular complexity index is 566. The average Bonchev–Trinajstić information content (AvgIpc) is 2.47. The van der Waals surface area contributed by atoms with E-state index in [2.05, 4.69) is 0 Å². The Morgan fingerprint density at radius 2 is 1.85 bits per heavy atom. The fourth-order valence-electron chi connectivity index (χ4n) is 2.24. The Labute approximate surface area is 119 Å². The van der Waals surface area contributed by atoms with Crippen LogP contribution in [0.2, 0.25) is 0 Å². The number of hydrogen-bond acceptors (Lipinski definition) is 5. The van der Waals surface area contributed by atoms with E-state index in [0.717, 1.165) is 0 Å². The van der Waals surface area contributed by atoms with Crippen molar-refractivity contribution in [2.24, 2.45) is 5.73 Å². The molecule has 0 bridgehead atoms. The Kier molecular flexibility index (Phi) is 4.52. The summed E-state index contributed by atoms with van der Waals surface area (Å²) in [6.45, 7) is 0.869. The molecule has 0 spiro atoms. The van der Waals surface area contributed by atoms with E-state index < -0.39 is 10.0 Å². The highest BCUT2D eigenvalue weighted by Crippen LogP contribution is 2.31. The first-order chi connectivity index (χ1) is 9.48. The average molecular weight is 300 g/mol. The number of benzene rings is 1. The highest BCUT2D eigenvalue weighted by Gasteiger charge is 2.31. The molecular formula is C13H20N2O4S. The number of rotatable bonds is 4. The monoisotopic (exact) mass is 300 g/mol. The van der Waals surface area contributed by atoms with Crippen molar-refractivity contribution in [3.05, 3.63) is 18.2 Å². The lowest BCUT2D eigenvalue weighted by Crippen LogP contribution is -2.42. The van der Waals surface area contributed by atoms with Gasteiger partial charge in [-0.1, -0.05) is 0 Å². The molecule has 1 aromatic rings. The van der Waals surface area contributed by atoms with Crippen LogP contribution in [0, 0.1) is 0 Å². The molecule has 0 unspecified atom stereocenters. The van der Waals surface area contributed by atoms with Gasteiger partial charge in [0.1, 0.15) is 16.4 Å². The Hall–Kier alpha value is -1.31. The summed E-state index contributed by atoms with van der Waals surface area (Å²) in [6.07, 6.45) is 1.34. The largest absolute Gasteiger partial charge is 0.497 e. The van der Waals surface area contributed by atoms with Crippen LogP contribution in [0.3, 0.4) is 0 Å².